The second kappa shape index (κ2) is 6.96. The number of carbonyl (C=O) groups excluding carboxylic acids is 2. The van der Waals surface area contributed by atoms with Crippen LogP contribution in [-0.2, 0) is 14.3 Å². The van der Waals surface area contributed by atoms with Crippen molar-refractivity contribution < 1.29 is 19.1 Å². The van der Waals surface area contributed by atoms with Crippen molar-refractivity contribution in [3.8, 4) is 5.75 Å². The van der Waals surface area contributed by atoms with Gasteiger partial charge in [0, 0.05) is 18.7 Å². The molecule has 0 N–H and O–H groups in total. The molecule has 0 radical (unpaired) electrons. The predicted octanol–water partition coefficient (Wildman–Crippen LogP) is 0.959. The standard InChI is InChI=1S/C17H15N5O4/c23-14(22-4-6-25-7-5-22)10-26-12-3-1-2-11(8-12)15-19-16-13(9-18-21-16)17(24)20-15/h1-3,8-9H,4-7,10H2. The van der Waals surface area contributed by atoms with E-state index in [1.165, 1.54) is 6.20 Å². The third-order valence-corrected chi connectivity index (χ3v) is 4.05. The monoisotopic (exact) mass is 353 g/mol. The van der Waals surface area contributed by atoms with E-state index in [0.29, 0.717) is 37.6 Å². The summed E-state index contributed by atoms with van der Waals surface area (Å²) < 4.78 is 10.8. The molecule has 9 heteroatoms. The van der Waals surface area contributed by atoms with Gasteiger partial charge in [-0.3, -0.25) is 9.59 Å². The van der Waals surface area contributed by atoms with E-state index in [0.717, 1.165) is 0 Å². The van der Waals surface area contributed by atoms with Crippen molar-refractivity contribution in [2.45, 2.75) is 0 Å². The number of ether oxygens (including phenoxy) is 2. The number of amidine groups is 2. The van der Waals surface area contributed by atoms with Crippen LogP contribution in [0.4, 0.5) is 0 Å². The molecule has 9 nitrogen and oxygen atoms in total. The largest absolute Gasteiger partial charge is 0.484 e. The lowest BCUT2D eigenvalue weighted by Gasteiger charge is -2.26. The van der Waals surface area contributed by atoms with Crippen molar-refractivity contribution in [2.75, 3.05) is 32.9 Å². The summed E-state index contributed by atoms with van der Waals surface area (Å²) >= 11 is 0. The summed E-state index contributed by atoms with van der Waals surface area (Å²) in [5, 5.41) is 7.49. The molecular formula is C17H15N5O4. The summed E-state index contributed by atoms with van der Waals surface area (Å²) in [6, 6.07) is 6.92. The quantitative estimate of drug-likeness (QED) is 0.804. The van der Waals surface area contributed by atoms with Crippen molar-refractivity contribution in [3.05, 3.63) is 41.6 Å². The number of hydrogen-bond donors (Lipinski definition) is 0. The van der Waals surface area contributed by atoms with Crippen LogP contribution in [0.25, 0.3) is 0 Å². The van der Waals surface area contributed by atoms with E-state index in [1.54, 1.807) is 29.2 Å². The lowest BCUT2D eigenvalue weighted by Crippen LogP contribution is -2.42. The Balaban J connectivity index is 1.45. The van der Waals surface area contributed by atoms with Crippen molar-refractivity contribution >= 4 is 23.5 Å². The Bertz CT molecular complexity index is 881. The van der Waals surface area contributed by atoms with E-state index in [4.69, 9.17) is 9.47 Å². The van der Waals surface area contributed by atoms with E-state index in [-0.39, 0.29) is 29.8 Å². The summed E-state index contributed by atoms with van der Waals surface area (Å²) in [5.41, 5.74) is 0.889. The molecule has 0 bridgehead atoms. The van der Waals surface area contributed by atoms with Gasteiger partial charge in [-0.05, 0) is 12.1 Å². The Hall–Kier alpha value is -3.20. The van der Waals surface area contributed by atoms with Crippen molar-refractivity contribution in [1.29, 1.82) is 0 Å². The van der Waals surface area contributed by atoms with Crippen LogP contribution in [0, 0.1) is 0 Å². The summed E-state index contributed by atoms with van der Waals surface area (Å²) in [4.78, 5) is 34.1. The molecular weight excluding hydrogens is 338 g/mol. The van der Waals surface area contributed by atoms with Gasteiger partial charge in [-0.15, -0.1) is 5.11 Å². The highest BCUT2D eigenvalue weighted by molar-refractivity contribution is 6.31. The van der Waals surface area contributed by atoms with Crippen molar-refractivity contribution in [3.63, 3.8) is 0 Å². The second-order valence-electron chi connectivity index (χ2n) is 5.74. The minimum Gasteiger partial charge on any atom is -0.484 e. The van der Waals surface area contributed by atoms with Crippen LogP contribution in [0.3, 0.4) is 0 Å². The maximum absolute atomic E-state index is 12.2. The Kier molecular flexibility index (Phi) is 4.36. The molecule has 1 aromatic rings. The number of rotatable bonds is 4. The fourth-order valence-electron chi connectivity index (χ4n) is 2.67. The number of fused-ring (bicyclic) bond motifs is 1. The number of azo groups is 1. The first-order chi connectivity index (χ1) is 12.7. The number of aliphatic imine (C=N–C) groups is 2. The van der Waals surface area contributed by atoms with Gasteiger partial charge in [0.25, 0.3) is 11.8 Å². The van der Waals surface area contributed by atoms with Gasteiger partial charge in [-0.2, -0.15) is 10.1 Å². The molecule has 0 saturated carbocycles. The molecule has 0 atom stereocenters. The highest BCUT2D eigenvalue weighted by Gasteiger charge is 2.25. The summed E-state index contributed by atoms with van der Waals surface area (Å²) in [6.07, 6.45) is 1.35. The Morgan fingerprint density at radius 3 is 2.88 bits per heavy atom. The van der Waals surface area contributed by atoms with Gasteiger partial charge >= 0.3 is 0 Å². The summed E-state index contributed by atoms with van der Waals surface area (Å²) in [5.74, 6) is 0.477. The molecule has 0 unspecified atom stereocenters. The molecule has 1 fully saturated rings. The number of morpholine rings is 1. The average Bonchev–Trinajstić information content (AvgIpc) is 3.16. The molecule has 1 saturated heterocycles. The van der Waals surface area contributed by atoms with Gasteiger partial charge in [-0.1, -0.05) is 12.1 Å². The van der Waals surface area contributed by atoms with Gasteiger partial charge in [0.15, 0.2) is 18.3 Å². The topological polar surface area (TPSA) is 105 Å². The zero-order valence-corrected chi connectivity index (χ0v) is 13.8. The van der Waals surface area contributed by atoms with E-state index >= 15 is 0 Å². The molecule has 3 aliphatic rings. The van der Waals surface area contributed by atoms with E-state index in [2.05, 4.69) is 20.2 Å². The first-order valence-electron chi connectivity index (χ1n) is 8.12. The molecule has 0 spiro atoms. The average molecular weight is 353 g/mol. The number of nitrogens with zero attached hydrogens (tertiary/aromatic N) is 5. The van der Waals surface area contributed by atoms with Gasteiger partial charge in [-0.25, -0.2) is 4.99 Å². The third-order valence-electron chi connectivity index (χ3n) is 4.05. The van der Waals surface area contributed by atoms with Gasteiger partial charge < -0.3 is 14.4 Å². The third kappa shape index (κ3) is 3.29. The minimum atomic E-state index is -0.427. The Morgan fingerprint density at radius 1 is 1.19 bits per heavy atom. The summed E-state index contributed by atoms with van der Waals surface area (Å²) in [7, 11) is 0. The number of carbonyl (C=O) groups is 2. The zero-order chi connectivity index (χ0) is 17.9. The van der Waals surface area contributed by atoms with Gasteiger partial charge in [0.05, 0.1) is 19.4 Å². The molecule has 132 valence electrons. The molecule has 4 rings (SSSR count). The van der Waals surface area contributed by atoms with Crippen LogP contribution in [0.1, 0.15) is 5.56 Å². The van der Waals surface area contributed by atoms with Crippen LogP contribution in [0.2, 0.25) is 0 Å². The number of hydrogen-bond acceptors (Lipinski definition) is 7. The lowest BCUT2D eigenvalue weighted by molar-refractivity contribution is -0.137. The van der Waals surface area contributed by atoms with Crippen LogP contribution in [0.15, 0.2) is 56.3 Å². The van der Waals surface area contributed by atoms with E-state index < -0.39 is 5.91 Å². The minimum absolute atomic E-state index is 0.0650. The molecule has 0 aromatic heterocycles. The number of benzene rings is 1. The molecule has 2 amide bonds. The van der Waals surface area contributed by atoms with Gasteiger partial charge in [0.1, 0.15) is 11.3 Å². The first-order valence-corrected chi connectivity index (χ1v) is 8.12. The fourth-order valence-corrected chi connectivity index (χ4v) is 2.67. The molecule has 0 aliphatic carbocycles. The Labute approximate surface area is 148 Å². The fraction of sp³-hybridized carbons (Fsp3) is 0.294. The van der Waals surface area contributed by atoms with Crippen LogP contribution >= 0.6 is 0 Å². The highest BCUT2D eigenvalue weighted by Crippen LogP contribution is 2.21. The maximum atomic E-state index is 12.2. The highest BCUT2D eigenvalue weighted by atomic mass is 16.5. The maximum Gasteiger partial charge on any atom is 0.284 e. The number of amides is 2. The Morgan fingerprint density at radius 2 is 2.04 bits per heavy atom. The molecule has 1 aromatic carbocycles. The van der Waals surface area contributed by atoms with Crippen LogP contribution in [-0.4, -0.2) is 61.3 Å². The molecule has 3 aliphatic heterocycles. The van der Waals surface area contributed by atoms with Crippen molar-refractivity contribution in [2.24, 2.45) is 20.2 Å². The first kappa shape index (κ1) is 16.3. The van der Waals surface area contributed by atoms with Crippen LogP contribution < -0.4 is 4.74 Å². The van der Waals surface area contributed by atoms with Crippen molar-refractivity contribution in [1.82, 2.24) is 4.90 Å². The predicted molar refractivity (Wildman–Crippen MR) is 91.3 cm³/mol. The summed E-state index contributed by atoms with van der Waals surface area (Å²) in [6.45, 7) is 2.17. The SMILES string of the molecule is O=C1N=C(c2cccc(OCC(=O)N3CCOCC3)c2)N=C2N=NC=C12. The lowest BCUT2D eigenvalue weighted by atomic mass is 10.1. The van der Waals surface area contributed by atoms with E-state index in [1.807, 2.05) is 0 Å². The van der Waals surface area contributed by atoms with Crippen LogP contribution in [0.5, 0.6) is 5.75 Å². The molecule has 26 heavy (non-hydrogen) atoms. The van der Waals surface area contributed by atoms with E-state index in [9.17, 15) is 9.59 Å². The zero-order valence-electron chi connectivity index (χ0n) is 13.8. The normalized spacial score (nSPS) is 18.8. The van der Waals surface area contributed by atoms with Gasteiger partial charge in [0.2, 0.25) is 0 Å². The molecule has 3 heterocycles. The smallest absolute Gasteiger partial charge is 0.284 e. The second-order valence-corrected chi connectivity index (χ2v) is 5.74.